The molecule has 0 aliphatic heterocycles. The fourth-order valence-corrected chi connectivity index (χ4v) is 2.70. The molecule has 0 atom stereocenters. The van der Waals surface area contributed by atoms with Crippen LogP contribution in [0.3, 0.4) is 0 Å². The van der Waals surface area contributed by atoms with Crippen molar-refractivity contribution in [1.82, 2.24) is 0 Å². The normalized spacial score (nSPS) is 10.4. The lowest BCUT2D eigenvalue weighted by atomic mass is 10.1. The van der Waals surface area contributed by atoms with E-state index >= 15 is 0 Å². The van der Waals surface area contributed by atoms with Gasteiger partial charge in [0, 0.05) is 5.33 Å². The van der Waals surface area contributed by atoms with Crippen LogP contribution in [0.15, 0.2) is 42.5 Å². The molecule has 0 aliphatic carbocycles. The molecular weight excluding hydrogens is 352 g/mol. The van der Waals surface area contributed by atoms with Gasteiger partial charge in [0.05, 0.1) is 18.7 Å². The first kappa shape index (κ1) is 16.2. The number of alkyl halides is 1. The molecule has 0 saturated heterocycles. The number of methoxy groups -OCH3 is 1. The van der Waals surface area contributed by atoms with Crippen LogP contribution in [-0.4, -0.2) is 13.7 Å². The van der Waals surface area contributed by atoms with Crippen molar-refractivity contribution in [3.63, 3.8) is 0 Å². The lowest BCUT2D eigenvalue weighted by molar-refractivity contribution is 0.289. The van der Waals surface area contributed by atoms with E-state index in [1.165, 1.54) is 5.56 Å². The SMILES string of the molecule is COc1cc(CBr)cc(Cl)c1OCCCc1ccccc1. The molecule has 0 aliphatic rings. The van der Waals surface area contributed by atoms with Gasteiger partial charge >= 0.3 is 0 Å². The number of hydrogen-bond donors (Lipinski definition) is 0. The van der Waals surface area contributed by atoms with E-state index < -0.39 is 0 Å². The summed E-state index contributed by atoms with van der Waals surface area (Å²) in [6, 6.07) is 14.2. The molecule has 2 rings (SSSR count). The minimum Gasteiger partial charge on any atom is -0.493 e. The van der Waals surface area contributed by atoms with Crippen LogP contribution >= 0.6 is 27.5 Å². The van der Waals surface area contributed by atoms with Crippen molar-refractivity contribution in [1.29, 1.82) is 0 Å². The molecule has 2 aromatic carbocycles. The molecule has 0 unspecified atom stereocenters. The smallest absolute Gasteiger partial charge is 0.179 e. The van der Waals surface area contributed by atoms with Crippen LogP contribution < -0.4 is 9.47 Å². The summed E-state index contributed by atoms with van der Waals surface area (Å²) in [6.07, 6.45) is 1.92. The summed E-state index contributed by atoms with van der Waals surface area (Å²) in [5, 5.41) is 1.32. The average molecular weight is 370 g/mol. The minimum absolute atomic E-state index is 0.587. The second kappa shape index (κ2) is 8.30. The van der Waals surface area contributed by atoms with E-state index in [9.17, 15) is 0 Å². The predicted octanol–water partition coefficient (Wildman–Crippen LogP) is 5.26. The zero-order valence-corrected chi connectivity index (χ0v) is 14.3. The third kappa shape index (κ3) is 4.65. The first-order chi connectivity index (χ1) is 10.2. The van der Waals surface area contributed by atoms with E-state index in [-0.39, 0.29) is 0 Å². The fourth-order valence-electron chi connectivity index (χ4n) is 2.09. The lowest BCUT2D eigenvalue weighted by Gasteiger charge is -2.13. The maximum Gasteiger partial charge on any atom is 0.179 e. The minimum atomic E-state index is 0.587. The molecule has 0 fully saturated rings. The number of hydrogen-bond acceptors (Lipinski definition) is 2. The van der Waals surface area contributed by atoms with Gasteiger partial charge in [0.2, 0.25) is 0 Å². The fraction of sp³-hybridized carbons (Fsp3) is 0.294. The standard InChI is InChI=1S/C17H18BrClO2/c1-20-16-11-14(12-18)10-15(19)17(16)21-9-5-8-13-6-3-2-4-7-13/h2-4,6-7,10-11H,5,8-9,12H2,1H3. The maximum atomic E-state index is 6.26. The predicted molar refractivity (Wildman–Crippen MR) is 90.9 cm³/mol. The third-order valence-corrected chi connectivity index (χ3v) is 4.07. The van der Waals surface area contributed by atoms with E-state index in [0.29, 0.717) is 23.1 Å². The Labute approximate surface area is 139 Å². The molecule has 21 heavy (non-hydrogen) atoms. The Morgan fingerprint density at radius 3 is 2.52 bits per heavy atom. The largest absolute Gasteiger partial charge is 0.493 e. The Kier molecular flexibility index (Phi) is 6.40. The van der Waals surface area contributed by atoms with E-state index in [1.54, 1.807) is 7.11 Å². The monoisotopic (exact) mass is 368 g/mol. The Morgan fingerprint density at radius 2 is 1.86 bits per heavy atom. The highest BCUT2D eigenvalue weighted by Gasteiger charge is 2.11. The highest BCUT2D eigenvalue weighted by atomic mass is 79.9. The first-order valence-corrected chi connectivity index (χ1v) is 8.33. The quantitative estimate of drug-likeness (QED) is 0.490. The van der Waals surface area contributed by atoms with Crippen molar-refractivity contribution in [3.05, 3.63) is 58.6 Å². The van der Waals surface area contributed by atoms with E-state index in [0.717, 1.165) is 23.7 Å². The van der Waals surface area contributed by atoms with Gasteiger partial charge in [0.1, 0.15) is 0 Å². The zero-order valence-electron chi connectivity index (χ0n) is 11.9. The Bertz CT molecular complexity index is 573. The van der Waals surface area contributed by atoms with Gasteiger partial charge in [-0.05, 0) is 36.1 Å². The summed E-state index contributed by atoms with van der Waals surface area (Å²) in [5.74, 6) is 1.30. The lowest BCUT2D eigenvalue weighted by Crippen LogP contribution is -2.02. The van der Waals surface area contributed by atoms with Crippen molar-refractivity contribution < 1.29 is 9.47 Å². The van der Waals surface area contributed by atoms with Gasteiger partial charge in [-0.25, -0.2) is 0 Å². The number of aryl methyl sites for hydroxylation is 1. The van der Waals surface area contributed by atoms with Gasteiger partial charge in [0.25, 0.3) is 0 Å². The highest BCUT2D eigenvalue weighted by molar-refractivity contribution is 9.08. The summed E-state index contributed by atoms with van der Waals surface area (Å²) in [5.41, 5.74) is 2.38. The molecule has 0 saturated carbocycles. The molecular formula is C17H18BrClO2. The summed E-state index contributed by atoms with van der Waals surface area (Å²) >= 11 is 9.68. The number of ether oxygens (including phenoxy) is 2. The number of benzene rings is 2. The molecule has 0 heterocycles. The van der Waals surface area contributed by atoms with Crippen molar-refractivity contribution >= 4 is 27.5 Å². The van der Waals surface area contributed by atoms with E-state index in [1.807, 2.05) is 18.2 Å². The van der Waals surface area contributed by atoms with Crippen molar-refractivity contribution in [3.8, 4) is 11.5 Å². The Balaban J connectivity index is 1.93. The Morgan fingerprint density at radius 1 is 1.10 bits per heavy atom. The first-order valence-electron chi connectivity index (χ1n) is 6.83. The van der Waals surface area contributed by atoms with Gasteiger partial charge in [-0.2, -0.15) is 0 Å². The summed E-state index contributed by atoms with van der Waals surface area (Å²) < 4.78 is 11.2. The van der Waals surface area contributed by atoms with Crippen molar-refractivity contribution in [2.45, 2.75) is 18.2 Å². The van der Waals surface area contributed by atoms with E-state index in [4.69, 9.17) is 21.1 Å². The van der Waals surface area contributed by atoms with Crippen molar-refractivity contribution in [2.75, 3.05) is 13.7 Å². The summed E-state index contributed by atoms with van der Waals surface area (Å²) in [4.78, 5) is 0. The topological polar surface area (TPSA) is 18.5 Å². The summed E-state index contributed by atoms with van der Waals surface area (Å²) in [6.45, 7) is 0.610. The van der Waals surface area contributed by atoms with Gasteiger partial charge in [-0.1, -0.05) is 57.9 Å². The molecule has 0 spiro atoms. The van der Waals surface area contributed by atoms with Crippen LogP contribution in [0, 0.1) is 0 Å². The summed E-state index contributed by atoms with van der Waals surface area (Å²) in [7, 11) is 1.63. The second-order valence-electron chi connectivity index (χ2n) is 4.68. The molecule has 4 heteroatoms. The van der Waals surface area contributed by atoms with Gasteiger partial charge in [-0.15, -0.1) is 0 Å². The third-order valence-electron chi connectivity index (χ3n) is 3.14. The Hall–Kier alpha value is -1.19. The van der Waals surface area contributed by atoms with Crippen LogP contribution in [0.25, 0.3) is 0 Å². The van der Waals surface area contributed by atoms with Crippen LogP contribution in [-0.2, 0) is 11.8 Å². The van der Waals surface area contributed by atoms with E-state index in [2.05, 4.69) is 40.2 Å². The molecule has 0 N–H and O–H groups in total. The average Bonchev–Trinajstić information content (AvgIpc) is 2.53. The molecule has 0 amide bonds. The van der Waals surface area contributed by atoms with Crippen LogP contribution in [0.4, 0.5) is 0 Å². The van der Waals surface area contributed by atoms with Crippen LogP contribution in [0.1, 0.15) is 17.5 Å². The highest BCUT2D eigenvalue weighted by Crippen LogP contribution is 2.37. The van der Waals surface area contributed by atoms with Crippen LogP contribution in [0.5, 0.6) is 11.5 Å². The van der Waals surface area contributed by atoms with Gasteiger partial charge in [0.15, 0.2) is 11.5 Å². The second-order valence-corrected chi connectivity index (χ2v) is 5.65. The van der Waals surface area contributed by atoms with Gasteiger partial charge < -0.3 is 9.47 Å². The zero-order chi connectivity index (χ0) is 15.1. The number of rotatable bonds is 7. The molecule has 0 radical (unpaired) electrons. The molecule has 112 valence electrons. The molecule has 2 aromatic rings. The maximum absolute atomic E-state index is 6.26. The number of halogens is 2. The molecule has 2 nitrogen and oxygen atoms in total. The van der Waals surface area contributed by atoms with Gasteiger partial charge in [-0.3, -0.25) is 0 Å². The van der Waals surface area contributed by atoms with Crippen LogP contribution in [0.2, 0.25) is 5.02 Å². The van der Waals surface area contributed by atoms with Crippen molar-refractivity contribution in [2.24, 2.45) is 0 Å². The molecule has 0 aromatic heterocycles. The molecule has 0 bridgehead atoms.